The summed E-state index contributed by atoms with van der Waals surface area (Å²) >= 11 is 0. The Morgan fingerprint density at radius 1 is 0.140 bits per heavy atom. The molecule has 24 aromatic rings. The lowest BCUT2D eigenvalue weighted by Crippen LogP contribution is -1.95. The minimum absolute atomic E-state index is 0.891. The third-order valence-corrected chi connectivity index (χ3v) is 24.0. The van der Waals surface area contributed by atoms with Crippen LogP contribution in [0.15, 0.2) is 409 Å². The molecular formula is C108H66N4O2. The lowest BCUT2D eigenvalue weighted by atomic mass is 9.97. The number of hydrogen-bond acceptors (Lipinski definition) is 2. The summed E-state index contributed by atoms with van der Waals surface area (Å²) in [6.45, 7) is 0. The third-order valence-electron chi connectivity index (χ3n) is 24.0. The normalized spacial score (nSPS) is 12.0. The summed E-state index contributed by atoms with van der Waals surface area (Å²) < 4.78 is 22.5. The summed E-state index contributed by atoms with van der Waals surface area (Å²) in [5, 5.41) is 14.3. The average Bonchev–Trinajstić information content (AvgIpc) is 1.62. The summed E-state index contributed by atoms with van der Waals surface area (Å²) in [6.07, 6.45) is 0. The summed E-state index contributed by atoms with van der Waals surface area (Å²) in [5.74, 6) is 0. The Morgan fingerprint density at radius 3 is 0.833 bits per heavy atom. The predicted octanol–water partition coefficient (Wildman–Crippen LogP) is 29.5. The van der Waals surface area contributed by atoms with Crippen molar-refractivity contribution in [2.24, 2.45) is 0 Å². The van der Waals surface area contributed by atoms with Crippen LogP contribution < -0.4 is 0 Å². The van der Waals surface area contributed by atoms with Crippen molar-refractivity contribution in [3.63, 3.8) is 0 Å². The molecule has 6 heteroatoms. The summed E-state index contributed by atoms with van der Waals surface area (Å²) in [6, 6.07) is 147. The van der Waals surface area contributed by atoms with Crippen LogP contribution in [0.25, 0.3) is 232 Å². The molecule has 0 aliphatic rings. The highest BCUT2D eigenvalue weighted by Crippen LogP contribution is 2.46. The van der Waals surface area contributed by atoms with Crippen molar-refractivity contribution in [2.45, 2.75) is 0 Å². The molecule has 6 heterocycles. The van der Waals surface area contributed by atoms with Gasteiger partial charge in [0.05, 0.1) is 49.5 Å². The van der Waals surface area contributed by atoms with Crippen molar-refractivity contribution in [3.8, 4) is 101 Å². The molecule has 0 amide bonds. The van der Waals surface area contributed by atoms with Crippen LogP contribution in [0.2, 0.25) is 0 Å². The van der Waals surface area contributed by atoms with E-state index in [0.717, 1.165) is 150 Å². The molecule has 18 aromatic carbocycles. The maximum Gasteiger partial charge on any atom is 0.137 e. The van der Waals surface area contributed by atoms with E-state index in [-0.39, 0.29) is 0 Å². The smallest absolute Gasteiger partial charge is 0.137 e. The average molecular weight is 1450 g/mol. The minimum Gasteiger partial charge on any atom is -0.456 e. The molecule has 0 bridgehead atoms. The van der Waals surface area contributed by atoms with E-state index in [1.165, 1.54) is 81.9 Å². The molecule has 0 radical (unpaired) electrons. The fourth-order valence-corrected chi connectivity index (χ4v) is 18.6. The summed E-state index contributed by atoms with van der Waals surface area (Å²) in [5.41, 5.74) is 33.6. The Labute approximate surface area is 655 Å². The monoisotopic (exact) mass is 1450 g/mol. The molecule has 0 aliphatic heterocycles. The van der Waals surface area contributed by atoms with E-state index < -0.39 is 0 Å². The zero-order valence-corrected chi connectivity index (χ0v) is 61.7. The molecule has 6 aromatic heterocycles. The lowest BCUT2D eigenvalue weighted by molar-refractivity contribution is 0.669. The first-order chi connectivity index (χ1) is 56.5. The van der Waals surface area contributed by atoms with Gasteiger partial charge in [0.15, 0.2) is 0 Å². The maximum absolute atomic E-state index is 6.43. The highest BCUT2D eigenvalue weighted by atomic mass is 16.3. The zero-order valence-electron chi connectivity index (χ0n) is 61.7. The predicted molar refractivity (Wildman–Crippen MR) is 476 cm³/mol. The van der Waals surface area contributed by atoms with E-state index in [2.05, 4.69) is 407 Å². The molecule has 530 valence electrons. The number of furan rings is 2. The van der Waals surface area contributed by atoms with Crippen LogP contribution in [0.3, 0.4) is 0 Å². The first-order valence-corrected chi connectivity index (χ1v) is 39.1. The van der Waals surface area contributed by atoms with E-state index in [1.54, 1.807) is 0 Å². The van der Waals surface area contributed by atoms with Gasteiger partial charge in [0.1, 0.15) is 22.3 Å². The number of fused-ring (bicyclic) bond motifs is 20. The fourth-order valence-electron chi connectivity index (χ4n) is 18.6. The van der Waals surface area contributed by atoms with E-state index in [9.17, 15) is 0 Å². The van der Waals surface area contributed by atoms with E-state index >= 15 is 0 Å². The van der Waals surface area contributed by atoms with E-state index in [1.807, 2.05) is 12.1 Å². The van der Waals surface area contributed by atoms with Gasteiger partial charge in [-0.3, -0.25) is 0 Å². The van der Waals surface area contributed by atoms with Crippen LogP contribution in [0.4, 0.5) is 0 Å². The van der Waals surface area contributed by atoms with E-state index in [4.69, 9.17) is 8.83 Å². The highest BCUT2D eigenvalue weighted by molar-refractivity contribution is 6.28. The Kier molecular flexibility index (Phi) is 14.0. The number of para-hydroxylation sites is 4. The summed E-state index contributed by atoms with van der Waals surface area (Å²) in [4.78, 5) is 0. The molecular weight excluding hydrogens is 1390 g/mol. The van der Waals surface area contributed by atoms with Crippen LogP contribution in [0.5, 0.6) is 0 Å². The first kappa shape index (κ1) is 63.7. The molecule has 0 unspecified atom stereocenters. The fraction of sp³-hybridized carbons (Fsp3) is 0. The van der Waals surface area contributed by atoms with Gasteiger partial charge in [0, 0.05) is 82.0 Å². The molecule has 0 saturated heterocycles. The van der Waals surface area contributed by atoms with Crippen molar-refractivity contribution >= 4 is 131 Å². The number of rotatable bonds is 11. The molecule has 114 heavy (non-hydrogen) atoms. The molecule has 0 atom stereocenters. The Morgan fingerprint density at radius 2 is 0.412 bits per heavy atom. The van der Waals surface area contributed by atoms with Gasteiger partial charge in [-0.25, -0.2) is 0 Å². The second-order valence-electron chi connectivity index (χ2n) is 30.2. The van der Waals surface area contributed by atoms with Crippen molar-refractivity contribution in [1.82, 2.24) is 18.3 Å². The van der Waals surface area contributed by atoms with Gasteiger partial charge >= 0.3 is 0 Å². The van der Waals surface area contributed by atoms with Crippen molar-refractivity contribution in [2.75, 3.05) is 0 Å². The van der Waals surface area contributed by atoms with E-state index in [0.29, 0.717) is 0 Å². The van der Waals surface area contributed by atoms with Gasteiger partial charge in [0.2, 0.25) is 0 Å². The number of hydrogen-bond donors (Lipinski definition) is 0. The molecule has 0 fully saturated rings. The van der Waals surface area contributed by atoms with Crippen LogP contribution in [-0.2, 0) is 0 Å². The minimum atomic E-state index is 0.891. The van der Waals surface area contributed by atoms with Crippen molar-refractivity contribution in [3.05, 3.63) is 400 Å². The Hall–Kier alpha value is -15.2. The molecule has 6 nitrogen and oxygen atoms in total. The SMILES string of the molecule is c1ccc(-c2ccc3c4ccc(-c5ccc(-c6ccc(-c7ccc8c9ccc(-c%10ccccc%10)cc9n(-c9ccc(-c%10ccc(-n%11c%12ccccc%12c%12ccc%13oc%14ccccc%14c%13c%12%11)cc%10)cc9)c8c7)cc6)cc5)cc4n(-c4ccc(-c5ccc(-n6c7ccccc7c7c8c(ccc76)oc6ccccc68)cc5)cc4)c3c2)cc1. The molecule has 24 rings (SSSR count). The Balaban J connectivity index is 0.534. The van der Waals surface area contributed by atoms with Gasteiger partial charge in [-0.2, -0.15) is 0 Å². The highest BCUT2D eigenvalue weighted by Gasteiger charge is 2.24. The largest absolute Gasteiger partial charge is 0.456 e. The topological polar surface area (TPSA) is 46.0 Å². The molecule has 0 aliphatic carbocycles. The van der Waals surface area contributed by atoms with Gasteiger partial charge < -0.3 is 27.1 Å². The van der Waals surface area contributed by atoms with Crippen LogP contribution in [0, 0.1) is 0 Å². The number of benzene rings is 18. The van der Waals surface area contributed by atoms with Crippen molar-refractivity contribution < 1.29 is 8.83 Å². The second kappa shape index (κ2) is 25.2. The Bertz CT molecular complexity index is 8010. The molecule has 0 saturated carbocycles. The standard InChI is InChI=1S/C108H66N4O2/c1-3-15-67(16-4-1)77-43-55-86-88-57-45-79(65-99(88)110(97(86)63-77)82-49-37-72(38-50-82)71-35-47-81(48-36-71)109-95-24-12-8-20-91(95)105-96(109)60-62-103-106(105)92-21-9-13-25-101(92)113-103)75-31-27-69(28-32-75)70-29-33-76(34-30-70)80-46-58-89-87-56-44-78(68-17-5-2-6-18-68)64-98(87)111(100(89)66-80)83-51-39-73(40-52-83)74-41-53-84(54-42-74)112-94-23-11-7-19-85(94)90-59-61-104-107(108(90)112)93-22-10-14-26-102(93)114-104/h1-66H. The maximum atomic E-state index is 6.43. The van der Waals surface area contributed by atoms with Gasteiger partial charge in [-0.15, -0.1) is 0 Å². The van der Waals surface area contributed by atoms with Gasteiger partial charge in [-0.05, 0) is 199 Å². The van der Waals surface area contributed by atoms with Crippen LogP contribution >= 0.6 is 0 Å². The number of nitrogens with zero attached hydrogens (tertiary/aromatic N) is 4. The first-order valence-electron chi connectivity index (χ1n) is 39.1. The molecule has 0 N–H and O–H groups in total. The summed E-state index contributed by atoms with van der Waals surface area (Å²) in [7, 11) is 0. The molecule has 0 spiro atoms. The van der Waals surface area contributed by atoms with Gasteiger partial charge in [-0.1, -0.05) is 279 Å². The zero-order chi connectivity index (χ0) is 74.6. The van der Waals surface area contributed by atoms with Crippen molar-refractivity contribution in [1.29, 1.82) is 0 Å². The second-order valence-corrected chi connectivity index (χ2v) is 30.2. The third kappa shape index (κ3) is 9.94. The van der Waals surface area contributed by atoms with Gasteiger partial charge in [0.25, 0.3) is 0 Å². The lowest BCUT2D eigenvalue weighted by Gasteiger charge is -2.12. The van der Waals surface area contributed by atoms with Crippen LogP contribution in [-0.4, -0.2) is 18.3 Å². The number of aromatic nitrogens is 4. The quantitative estimate of drug-likeness (QED) is 0.130. The van der Waals surface area contributed by atoms with Crippen LogP contribution in [0.1, 0.15) is 0 Å².